The second-order valence-corrected chi connectivity index (χ2v) is 6.54. The number of allylic oxidation sites excluding steroid dienone is 3. The zero-order valence-corrected chi connectivity index (χ0v) is 15.0. The monoisotopic (exact) mass is 326 g/mol. The SMILES string of the molecule is CCC[C@H](C)CNC(=O)C1=C[C]=CCC1c1ccc(COC)cc1. The van der Waals surface area contributed by atoms with Crippen LogP contribution >= 0.6 is 0 Å². The molecule has 129 valence electrons. The third-order valence-corrected chi connectivity index (χ3v) is 4.43. The Morgan fingerprint density at radius 3 is 2.79 bits per heavy atom. The first kappa shape index (κ1) is 18.5. The predicted octanol–water partition coefficient (Wildman–Crippen LogP) is 4.16. The van der Waals surface area contributed by atoms with Crippen LogP contribution in [0.25, 0.3) is 0 Å². The molecule has 2 atom stereocenters. The van der Waals surface area contributed by atoms with Gasteiger partial charge in [-0.25, -0.2) is 0 Å². The first-order valence-electron chi connectivity index (χ1n) is 8.79. The smallest absolute Gasteiger partial charge is 0.247 e. The fraction of sp³-hybridized carbons (Fsp3) is 0.476. The number of carbonyl (C=O) groups excluding carboxylic acids is 1. The van der Waals surface area contributed by atoms with Gasteiger partial charge in [0.15, 0.2) is 0 Å². The Morgan fingerprint density at radius 1 is 1.38 bits per heavy atom. The summed E-state index contributed by atoms with van der Waals surface area (Å²) in [5.74, 6) is 0.642. The van der Waals surface area contributed by atoms with Crippen molar-refractivity contribution in [1.29, 1.82) is 0 Å². The van der Waals surface area contributed by atoms with Gasteiger partial charge < -0.3 is 10.1 Å². The van der Waals surface area contributed by atoms with Crippen molar-refractivity contribution in [2.24, 2.45) is 5.92 Å². The summed E-state index contributed by atoms with van der Waals surface area (Å²) in [6.07, 6.45) is 10.0. The number of hydrogen-bond donors (Lipinski definition) is 1. The summed E-state index contributed by atoms with van der Waals surface area (Å²) in [7, 11) is 1.69. The van der Waals surface area contributed by atoms with Crippen molar-refractivity contribution in [3.63, 3.8) is 0 Å². The molecule has 1 amide bonds. The van der Waals surface area contributed by atoms with Crippen LogP contribution in [0.2, 0.25) is 0 Å². The standard InChI is InChI=1S/C21H28NO2/c1-4-7-16(2)14-22-21(23)20-9-6-5-8-19(20)18-12-10-17(11-13-18)15-24-3/h5,9-13,16,19H,4,7-8,14-15H2,1-3H3,(H,22,23)/t16-,19?/m0/s1. The highest BCUT2D eigenvalue weighted by atomic mass is 16.5. The molecule has 0 bridgehead atoms. The normalized spacial score (nSPS) is 18.1. The number of ether oxygens (including phenoxy) is 1. The van der Waals surface area contributed by atoms with E-state index in [4.69, 9.17) is 4.74 Å². The highest BCUT2D eigenvalue weighted by Crippen LogP contribution is 2.31. The van der Waals surface area contributed by atoms with E-state index in [0.717, 1.165) is 42.5 Å². The largest absolute Gasteiger partial charge is 0.380 e. The maximum atomic E-state index is 12.6. The number of hydrogen-bond acceptors (Lipinski definition) is 2. The average molecular weight is 326 g/mol. The van der Waals surface area contributed by atoms with Gasteiger partial charge in [0.05, 0.1) is 6.61 Å². The van der Waals surface area contributed by atoms with Gasteiger partial charge in [-0.15, -0.1) is 0 Å². The number of carbonyl (C=O) groups is 1. The van der Waals surface area contributed by atoms with E-state index in [9.17, 15) is 4.79 Å². The fourth-order valence-corrected chi connectivity index (χ4v) is 3.08. The Kier molecular flexibility index (Phi) is 7.26. The lowest BCUT2D eigenvalue weighted by molar-refractivity contribution is -0.118. The molecule has 1 N–H and O–H groups in total. The van der Waals surface area contributed by atoms with Crippen LogP contribution in [0.5, 0.6) is 0 Å². The van der Waals surface area contributed by atoms with E-state index >= 15 is 0 Å². The van der Waals surface area contributed by atoms with Gasteiger partial charge in [-0.3, -0.25) is 4.79 Å². The van der Waals surface area contributed by atoms with Gasteiger partial charge in [-0.1, -0.05) is 50.6 Å². The summed E-state index contributed by atoms with van der Waals surface area (Å²) in [6.45, 7) is 5.69. The average Bonchev–Trinajstić information content (AvgIpc) is 2.61. The Hall–Kier alpha value is -1.87. The van der Waals surface area contributed by atoms with Crippen LogP contribution in [0.4, 0.5) is 0 Å². The van der Waals surface area contributed by atoms with Crippen LogP contribution in [-0.2, 0) is 16.1 Å². The number of benzene rings is 1. The molecule has 1 aromatic rings. The quantitative estimate of drug-likeness (QED) is 0.779. The van der Waals surface area contributed by atoms with Crippen molar-refractivity contribution in [1.82, 2.24) is 5.32 Å². The zero-order chi connectivity index (χ0) is 17.4. The van der Waals surface area contributed by atoms with Crippen molar-refractivity contribution in [3.05, 3.63) is 59.2 Å². The highest BCUT2D eigenvalue weighted by Gasteiger charge is 2.23. The summed E-state index contributed by atoms with van der Waals surface area (Å²) in [6, 6.07) is 8.33. The van der Waals surface area contributed by atoms with E-state index in [0.29, 0.717) is 12.5 Å². The third-order valence-electron chi connectivity index (χ3n) is 4.43. The third kappa shape index (κ3) is 5.07. The molecule has 3 heteroatoms. The van der Waals surface area contributed by atoms with Gasteiger partial charge in [0.2, 0.25) is 5.91 Å². The summed E-state index contributed by atoms with van der Waals surface area (Å²) >= 11 is 0. The molecular formula is C21H28NO2. The van der Waals surface area contributed by atoms with E-state index < -0.39 is 0 Å². The number of amides is 1. The van der Waals surface area contributed by atoms with E-state index in [2.05, 4.69) is 49.5 Å². The van der Waals surface area contributed by atoms with Crippen molar-refractivity contribution in [3.8, 4) is 0 Å². The summed E-state index contributed by atoms with van der Waals surface area (Å²) in [4.78, 5) is 12.6. The lowest BCUT2D eigenvalue weighted by Gasteiger charge is -2.22. The molecule has 0 heterocycles. The Labute approximate surface area is 145 Å². The molecule has 24 heavy (non-hydrogen) atoms. The second kappa shape index (κ2) is 9.43. The molecule has 3 nitrogen and oxygen atoms in total. The Balaban J connectivity index is 2.05. The summed E-state index contributed by atoms with van der Waals surface area (Å²) < 4.78 is 5.16. The minimum atomic E-state index is 0.0320. The molecule has 0 saturated carbocycles. The maximum absolute atomic E-state index is 12.6. The minimum absolute atomic E-state index is 0.0320. The van der Waals surface area contributed by atoms with Gasteiger partial charge in [0.25, 0.3) is 0 Å². The molecule has 0 aromatic heterocycles. The molecule has 2 rings (SSSR count). The lowest BCUT2D eigenvalue weighted by atomic mass is 9.84. The molecule has 0 aliphatic heterocycles. The summed E-state index contributed by atoms with van der Waals surface area (Å²) in [5, 5.41) is 3.09. The molecule has 0 spiro atoms. The zero-order valence-electron chi connectivity index (χ0n) is 15.0. The highest BCUT2D eigenvalue weighted by molar-refractivity contribution is 5.95. The Morgan fingerprint density at radius 2 is 2.12 bits per heavy atom. The molecule has 0 fully saturated rings. The molecular weight excluding hydrogens is 298 g/mol. The first-order chi connectivity index (χ1) is 11.7. The van der Waals surface area contributed by atoms with E-state index in [-0.39, 0.29) is 11.8 Å². The first-order valence-corrected chi connectivity index (χ1v) is 8.79. The Bertz CT molecular complexity index is 586. The van der Waals surface area contributed by atoms with Gasteiger partial charge in [-0.05, 0) is 42.0 Å². The van der Waals surface area contributed by atoms with E-state index in [1.165, 1.54) is 0 Å². The van der Waals surface area contributed by atoms with E-state index in [1.54, 1.807) is 7.11 Å². The topological polar surface area (TPSA) is 38.3 Å². The number of rotatable bonds is 8. The van der Waals surface area contributed by atoms with Crippen LogP contribution in [-0.4, -0.2) is 19.6 Å². The van der Waals surface area contributed by atoms with Crippen molar-refractivity contribution < 1.29 is 9.53 Å². The molecule has 1 aliphatic carbocycles. The van der Waals surface area contributed by atoms with Crippen LogP contribution in [0.3, 0.4) is 0 Å². The van der Waals surface area contributed by atoms with Crippen LogP contribution < -0.4 is 5.32 Å². The van der Waals surface area contributed by atoms with E-state index in [1.807, 2.05) is 12.2 Å². The number of nitrogens with one attached hydrogen (secondary N) is 1. The minimum Gasteiger partial charge on any atom is -0.380 e. The molecule has 1 aliphatic rings. The predicted molar refractivity (Wildman–Crippen MR) is 97.5 cm³/mol. The molecule has 1 unspecified atom stereocenters. The van der Waals surface area contributed by atoms with Crippen molar-refractivity contribution in [2.75, 3.05) is 13.7 Å². The van der Waals surface area contributed by atoms with Crippen LogP contribution in [0.15, 0.2) is 42.0 Å². The van der Waals surface area contributed by atoms with Gasteiger partial charge in [0, 0.05) is 25.1 Å². The van der Waals surface area contributed by atoms with Crippen molar-refractivity contribution in [2.45, 2.75) is 45.6 Å². The van der Waals surface area contributed by atoms with Gasteiger partial charge in [0.1, 0.15) is 0 Å². The van der Waals surface area contributed by atoms with Crippen LogP contribution in [0.1, 0.15) is 50.2 Å². The maximum Gasteiger partial charge on any atom is 0.247 e. The fourth-order valence-electron chi connectivity index (χ4n) is 3.08. The van der Waals surface area contributed by atoms with Crippen LogP contribution in [0, 0.1) is 12.0 Å². The molecule has 1 radical (unpaired) electrons. The molecule has 0 saturated heterocycles. The number of methoxy groups -OCH3 is 1. The molecule has 1 aromatic carbocycles. The second-order valence-electron chi connectivity index (χ2n) is 6.54. The van der Waals surface area contributed by atoms with Gasteiger partial charge >= 0.3 is 0 Å². The lowest BCUT2D eigenvalue weighted by Crippen LogP contribution is -2.31. The summed E-state index contributed by atoms with van der Waals surface area (Å²) in [5.41, 5.74) is 3.11. The van der Waals surface area contributed by atoms with Crippen molar-refractivity contribution >= 4 is 5.91 Å². The van der Waals surface area contributed by atoms with Gasteiger partial charge in [-0.2, -0.15) is 0 Å².